The topological polar surface area (TPSA) is 62.5 Å². The summed E-state index contributed by atoms with van der Waals surface area (Å²) in [5.41, 5.74) is 2.59. The fourth-order valence-electron chi connectivity index (χ4n) is 2.30. The van der Waals surface area contributed by atoms with Gasteiger partial charge in [-0.2, -0.15) is 5.10 Å². The minimum absolute atomic E-state index is 0.0784. The van der Waals surface area contributed by atoms with Gasteiger partial charge >= 0.3 is 0 Å². The SMILES string of the molecule is CCOc1cc(C=Nn2cc(-c3ccccc3)[nH]c2=S)cc(Cl)c1O. The predicted octanol–water partition coefficient (Wildman–Crippen LogP) is 4.85. The number of aromatic nitrogens is 2. The molecule has 3 aromatic rings. The van der Waals surface area contributed by atoms with E-state index in [1.54, 1.807) is 23.0 Å². The van der Waals surface area contributed by atoms with E-state index >= 15 is 0 Å². The quantitative estimate of drug-likeness (QED) is 0.496. The van der Waals surface area contributed by atoms with E-state index in [1.807, 2.05) is 43.5 Å². The van der Waals surface area contributed by atoms with Crippen LogP contribution in [-0.4, -0.2) is 27.6 Å². The fraction of sp³-hybridized carbons (Fsp3) is 0.111. The van der Waals surface area contributed by atoms with Crippen molar-refractivity contribution in [2.45, 2.75) is 6.92 Å². The van der Waals surface area contributed by atoms with Crippen molar-refractivity contribution < 1.29 is 9.84 Å². The second-order valence-corrected chi connectivity index (χ2v) is 6.00. The summed E-state index contributed by atoms with van der Waals surface area (Å²) >= 11 is 11.3. The average molecular weight is 374 g/mol. The molecule has 7 heteroatoms. The molecule has 128 valence electrons. The highest BCUT2D eigenvalue weighted by Crippen LogP contribution is 2.34. The van der Waals surface area contributed by atoms with Crippen molar-refractivity contribution in [2.24, 2.45) is 5.10 Å². The Morgan fingerprint density at radius 3 is 2.80 bits per heavy atom. The number of H-pyrrole nitrogens is 1. The zero-order valence-electron chi connectivity index (χ0n) is 13.4. The molecule has 25 heavy (non-hydrogen) atoms. The third-order valence-electron chi connectivity index (χ3n) is 3.47. The lowest BCUT2D eigenvalue weighted by Gasteiger charge is -2.08. The lowest BCUT2D eigenvalue weighted by molar-refractivity contribution is 0.318. The van der Waals surface area contributed by atoms with Crippen LogP contribution in [0.15, 0.2) is 53.8 Å². The van der Waals surface area contributed by atoms with Gasteiger partial charge in [0.1, 0.15) is 0 Å². The molecule has 0 saturated carbocycles. The maximum absolute atomic E-state index is 9.88. The molecule has 0 saturated heterocycles. The summed E-state index contributed by atoms with van der Waals surface area (Å²) < 4.78 is 7.41. The number of ether oxygens (including phenoxy) is 1. The number of phenolic OH excluding ortho intramolecular Hbond substituents is 1. The minimum atomic E-state index is -0.0784. The summed E-state index contributed by atoms with van der Waals surface area (Å²) in [6.45, 7) is 2.26. The Labute approximate surface area is 155 Å². The van der Waals surface area contributed by atoms with E-state index in [0.29, 0.717) is 22.7 Å². The molecule has 1 heterocycles. The Bertz CT molecular complexity index is 964. The fourth-order valence-corrected chi connectivity index (χ4v) is 2.73. The van der Waals surface area contributed by atoms with Gasteiger partial charge in [-0.3, -0.25) is 0 Å². The Morgan fingerprint density at radius 1 is 1.32 bits per heavy atom. The molecule has 0 unspecified atom stereocenters. The van der Waals surface area contributed by atoms with Gasteiger partial charge < -0.3 is 14.8 Å². The number of rotatable bonds is 5. The van der Waals surface area contributed by atoms with E-state index in [4.69, 9.17) is 28.6 Å². The number of benzene rings is 2. The second-order valence-electron chi connectivity index (χ2n) is 5.21. The molecular formula is C18H16ClN3O2S. The van der Waals surface area contributed by atoms with Crippen LogP contribution in [0.4, 0.5) is 0 Å². The number of aromatic amines is 1. The van der Waals surface area contributed by atoms with Crippen LogP contribution < -0.4 is 4.74 Å². The van der Waals surface area contributed by atoms with Crippen molar-refractivity contribution in [3.05, 3.63) is 64.0 Å². The molecule has 0 amide bonds. The van der Waals surface area contributed by atoms with E-state index in [1.165, 1.54) is 0 Å². The molecule has 0 aliphatic rings. The van der Waals surface area contributed by atoms with Gasteiger partial charge in [-0.25, -0.2) is 4.68 Å². The van der Waals surface area contributed by atoms with Gasteiger partial charge in [-0.05, 0) is 42.4 Å². The van der Waals surface area contributed by atoms with Crippen molar-refractivity contribution >= 4 is 30.0 Å². The van der Waals surface area contributed by atoms with Crippen LogP contribution in [0, 0.1) is 4.77 Å². The number of hydrogen-bond donors (Lipinski definition) is 2. The number of imidazole rings is 1. The Morgan fingerprint density at radius 2 is 2.08 bits per heavy atom. The van der Waals surface area contributed by atoms with E-state index < -0.39 is 0 Å². The normalized spacial score (nSPS) is 11.1. The third-order valence-corrected chi connectivity index (χ3v) is 4.04. The summed E-state index contributed by atoms with van der Waals surface area (Å²) in [6.07, 6.45) is 3.42. The first kappa shape index (κ1) is 17.3. The van der Waals surface area contributed by atoms with Crippen molar-refractivity contribution in [1.29, 1.82) is 0 Å². The van der Waals surface area contributed by atoms with Crippen LogP contribution in [0.2, 0.25) is 5.02 Å². The van der Waals surface area contributed by atoms with E-state index in [9.17, 15) is 5.11 Å². The maximum Gasteiger partial charge on any atom is 0.198 e. The van der Waals surface area contributed by atoms with E-state index in [2.05, 4.69) is 10.1 Å². The van der Waals surface area contributed by atoms with Crippen molar-refractivity contribution in [1.82, 2.24) is 9.66 Å². The molecule has 1 aromatic heterocycles. The number of aromatic hydroxyl groups is 1. The Hall–Kier alpha value is -2.57. The number of nitrogens with zero attached hydrogens (tertiary/aromatic N) is 2. The third kappa shape index (κ3) is 3.92. The number of nitrogens with one attached hydrogen (secondary N) is 1. The summed E-state index contributed by atoms with van der Waals surface area (Å²) in [4.78, 5) is 3.12. The van der Waals surface area contributed by atoms with Crippen LogP contribution in [0.5, 0.6) is 11.5 Å². The molecule has 0 aliphatic carbocycles. The lowest BCUT2D eigenvalue weighted by atomic mass is 10.2. The van der Waals surface area contributed by atoms with Gasteiger partial charge in [0, 0.05) is 0 Å². The molecule has 0 bridgehead atoms. The van der Waals surface area contributed by atoms with Gasteiger partial charge in [-0.1, -0.05) is 41.9 Å². The average Bonchev–Trinajstić information content (AvgIpc) is 2.99. The zero-order valence-corrected chi connectivity index (χ0v) is 15.0. The smallest absolute Gasteiger partial charge is 0.198 e. The maximum atomic E-state index is 9.88. The highest BCUT2D eigenvalue weighted by atomic mass is 35.5. The van der Waals surface area contributed by atoms with E-state index in [-0.39, 0.29) is 10.8 Å². The Kier molecular flexibility index (Phi) is 5.21. The molecule has 2 N–H and O–H groups in total. The number of phenols is 1. The van der Waals surface area contributed by atoms with E-state index in [0.717, 1.165) is 11.3 Å². The first-order valence-electron chi connectivity index (χ1n) is 7.65. The van der Waals surface area contributed by atoms with Crippen LogP contribution in [-0.2, 0) is 0 Å². The highest BCUT2D eigenvalue weighted by molar-refractivity contribution is 7.71. The van der Waals surface area contributed by atoms with Gasteiger partial charge in [0.2, 0.25) is 0 Å². The molecule has 2 aromatic carbocycles. The van der Waals surface area contributed by atoms with Gasteiger partial charge in [0.05, 0.1) is 29.7 Å². The minimum Gasteiger partial charge on any atom is -0.503 e. The molecule has 0 aliphatic heterocycles. The van der Waals surface area contributed by atoms with Crippen LogP contribution in [0.1, 0.15) is 12.5 Å². The van der Waals surface area contributed by atoms with Crippen molar-refractivity contribution in [2.75, 3.05) is 6.61 Å². The molecule has 0 radical (unpaired) electrons. The van der Waals surface area contributed by atoms with Gasteiger partial charge in [0.15, 0.2) is 16.3 Å². The van der Waals surface area contributed by atoms with Crippen LogP contribution in [0.3, 0.4) is 0 Å². The second kappa shape index (κ2) is 7.55. The summed E-state index contributed by atoms with van der Waals surface area (Å²) in [5.74, 6) is 0.240. The first-order chi connectivity index (χ1) is 12.1. The first-order valence-corrected chi connectivity index (χ1v) is 8.44. The van der Waals surface area contributed by atoms with Crippen molar-refractivity contribution in [3.8, 4) is 22.8 Å². The molecule has 0 fully saturated rings. The van der Waals surface area contributed by atoms with Gasteiger partial charge in [-0.15, -0.1) is 0 Å². The lowest BCUT2D eigenvalue weighted by Crippen LogP contribution is -1.95. The van der Waals surface area contributed by atoms with Crippen LogP contribution in [0.25, 0.3) is 11.3 Å². The number of hydrogen-bond acceptors (Lipinski definition) is 4. The standard InChI is InChI=1S/C18H16ClN3O2S/c1-2-24-16-9-12(8-14(19)17(16)23)10-20-22-11-15(21-18(22)25)13-6-4-3-5-7-13/h3-11,23H,2H2,1H3,(H,21,25). The van der Waals surface area contributed by atoms with Crippen molar-refractivity contribution in [3.63, 3.8) is 0 Å². The number of halogens is 1. The monoisotopic (exact) mass is 373 g/mol. The van der Waals surface area contributed by atoms with Gasteiger partial charge in [0.25, 0.3) is 0 Å². The zero-order chi connectivity index (χ0) is 17.8. The summed E-state index contributed by atoms with van der Waals surface area (Å²) in [5, 5.41) is 14.4. The molecule has 5 nitrogen and oxygen atoms in total. The Balaban J connectivity index is 1.90. The largest absolute Gasteiger partial charge is 0.503 e. The molecular weight excluding hydrogens is 358 g/mol. The molecule has 0 spiro atoms. The van der Waals surface area contributed by atoms with Crippen LogP contribution >= 0.6 is 23.8 Å². The molecule has 3 rings (SSSR count). The molecule has 0 atom stereocenters. The predicted molar refractivity (Wildman–Crippen MR) is 102 cm³/mol. The summed E-state index contributed by atoms with van der Waals surface area (Å²) in [6, 6.07) is 13.1. The highest BCUT2D eigenvalue weighted by Gasteiger charge is 2.09. The summed E-state index contributed by atoms with van der Waals surface area (Å²) in [7, 11) is 0.